The first-order chi connectivity index (χ1) is 8.19. The molecule has 1 aromatic rings. The second kappa shape index (κ2) is 7.06. The third-order valence-corrected chi connectivity index (χ3v) is 2.08. The SMILES string of the molecule is CCOc1cccc(CNC)c1OCC(F)F. The van der Waals surface area contributed by atoms with Crippen molar-refractivity contribution in [3.8, 4) is 11.5 Å². The molecule has 0 heterocycles. The van der Waals surface area contributed by atoms with Gasteiger partial charge in [-0.2, -0.15) is 0 Å². The van der Waals surface area contributed by atoms with Crippen LogP contribution in [0.2, 0.25) is 0 Å². The van der Waals surface area contributed by atoms with Gasteiger partial charge in [0.1, 0.15) is 6.61 Å². The van der Waals surface area contributed by atoms with Crippen molar-refractivity contribution in [1.82, 2.24) is 5.32 Å². The summed E-state index contributed by atoms with van der Waals surface area (Å²) in [5.41, 5.74) is 0.805. The smallest absolute Gasteiger partial charge is 0.272 e. The van der Waals surface area contributed by atoms with Crippen molar-refractivity contribution in [3.05, 3.63) is 23.8 Å². The van der Waals surface area contributed by atoms with Crippen LogP contribution in [0, 0.1) is 0 Å². The van der Waals surface area contributed by atoms with Gasteiger partial charge in [-0.3, -0.25) is 0 Å². The van der Waals surface area contributed by atoms with Gasteiger partial charge in [0, 0.05) is 12.1 Å². The maximum absolute atomic E-state index is 12.2. The summed E-state index contributed by atoms with van der Waals surface area (Å²) in [4.78, 5) is 0. The van der Waals surface area contributed by atoms with Crippen LogP contribution in [0.4, 0.5) is 8.78 Å². The molecule has 0 fully saturated rings. The van der Waals surface area contributed by atoms with Crippen LogP contribution in [0.3, 0.4) is 0 Å². The highest BCUT2D eigenvalue weighted by atomic mass is 19.3. The lowest BCUT2D eigenvalue weighted by atomic mass is 10.2. The molecule has 0 amide bonds. The third-order valence-electron chi connectivity index (χ3n) is 2.08. The summed E-state index contributed by atoms with van der Waals surface area (Å²) in [5, 5.41) is 2.96. The Morgan fingerprint density at radius 1 is 1.29 bits per heavy atom. The fourth-order valence-electron chi connectivity index (χ4n) is 1.47. The number of hydrogen-bond donors (Lipinski definition) is 1. The van der Waals surface area contributed by atoms with E-state index in [2.05, 4.69) is 5.32 Å². The maximum Gasteiger partial charge on any atom is 0.272 e. The number of benzene rings is 1. The van der Waals surface area contributed by atoms with Crippen LogP contribution in [0.1, 0.15) is 12.5 Å². The molecule has 1 rings (SSSR count). The molecule has 96 valence electrons. The van der Waals surface area contributed by atoms with Gasteiger partial charge in [-0.15, -0.1) is 0 Å². The highest BCUT2D eigenvalue weighted by Gasteiger charge is 2.13. The van der Waals surface area contributed by atoms with E-state index in [1.54, 1.807) is 13.1 Å². The molecule has 0 saturated heterocycles. The average Bonchev–Trinajstić information content (AvgIpc) is 2.29. The number of hydrogen-bond acceptors (Lipinski definition) is 3. The molecular weight excluding hydrogens is 228 g/mol. The molecule has 0 aliphatic rings. The van der Waals surface area contributed by atoms with Crippen molar-refractivity contribution in [3.63, 3.8) is 0 Å². The van der Waals surface area contributed by atoms with Crippen LogP contribution < -0.4 is 14.8 Å². The lowest BCUT2D eigenvalue weighted by molar-refractivity contribution is 0.0795. The average molecular weight is 245 g/mol. The molecule has 3 nitrogen and oxygen atoms in total. The van der Waals surface area contributed by atoms with E-state index >= 15 is 0 Å². The van der Waals surface area contributed by atoms with Crippen LogP contribution in [0.5, 0.6) is 11.5 Å². The second-order valence-corrected chi connectivity index (χ2v) is 3.41. The van der Waals surface area contributed by atoms with Crippen LogP contribution in [-0.4, -0.2) is 26.7 Å². The number of alkyl halides is 2. The largest absolute Gasteiger partial charge is 0.490 e. The minimum Gasteiger partial charge on any atom is -0.490 e. The number of halogens is 2. The normalized spacial score (nSPS) is 10.6. The maximum atomic E-state index is 12.2. The highest BCUT2D eigenvalue weighted by molar-refractivity contribution is 5.46. The van der Waals surface area contributed by atoms with Gasteiger partial charge in [0.15, 0.2) is 11.5 Å². The van der Waals surface area contributed by atoms with Crippen LogP contribution in [-0.2, 0) is 6.54 Å². The quantitative estimate of drug-likeness (QED) is 0.800. The van der Waals surface area contributed by atoms with Gasteiger partial charge < -0.3 is 14.8 Å². The molecule has 1 N–H and O–H groups in total. The van der Waals surface area contributed by atoms with E-state index in [9.17, 15) is 8.78 Å². The van der Waals surface area contributed by atoms with Gasteiger partial charge in [-0.25, -0.2) is 8.78 Å². The first kappa shape index (κ1) is 13.7. The topological polar surface area (TPSA) is 30.5 Å². The number of para-hydroxylation sites is 1. The van der Waals surface area contributed by atoms with E-state index < -0.39 is 13.0 Å². The summed E-state index contributed by atoms with van der Waals surface area (Å²) in [6, 6.07) is 5.34. The number of rotatable bonds is 7. The van der Waals surface area contributed by atoms with Crippen molar-refractivity contribution < 1.29 is 18.3 Å². The fraction of sp³-hybridized carbons (Fsp3) is 0.500. The standard InChI is InChI=1S/C12H17F2NO2/c1-3-16-10-6-4-5-9(7-15-2)12(10)17-8-11(13)14/h4-6,11,15H,3,7-8H2,1-2H3. The summed E-state index contributed by atoms with van der Waals surface area (Å²) >= 11 is 0. The van der Waals surface area contributed by atoms with E-state index in [1.165, 1.54) is 0 Å². The third kappa shape index (κ3) is 4.19. The molecule has 0 aliphatic carbocycles. The van der Waals surface area contributed by atoms with Crippen molar-refractivity contribution in [2.24, 2.45) is 0 Å². The Labute approximate surface area is 99.7 Å². The Bertz CT molecular complexity index is 321. The molecule has 5 heteroatoms. The number of ether oxygens (including phenoxy) is 2. The molecule has 17 heavy (non-hydrogen) atoms. The number of nitrogens with one attached hydrogen (secondary N) is 1. The van der Waals surface area contributed by atoms with E-state index in [1.807, 2.05) is 19.1 Å². The molecule has 0 radical (unpaired) electrons. The van der Waals surface area contributed by atoms with Crippen molar-refractivity contribution in [2.75, 3.05) is 20.3 Å². The predicted octanol–water partition coefficient (Wildman–Crippen LogP) is 2.45. The minimum atomic E-state index is -2.49. The molecule has 0 aromatic heterocycles. The summed E-state index contributed by atoms with van der Waals surface area (Å²) in [7, 11) is 1.78. The van der Waals surface area contributed by atoms with Crippen molar-refractivity contribution in [2.45, 2.75) is 19.9 Å². The van der Waals surface area contributed by atoms with Gasteiger partial charge in [-0.1, -0.05) is 12.1 Å². The van der Waals surface area contributed by atoms with E-state index in [-0.39, 0.29) is 0 Å². The minimum absolute atomic E-state index is 0.393. The Hall–Kier alpha value is -1.36. The summed E-state index contributed by atoms with van der Waals surface area (Å²) in [6.45, 7) is 2.22. The molecular formula is C12H17F2NO2. The van der Waals surface area contributed by atoms with Gasteiger partial charge in [0.05, 0.1) is 6.61 Å². The van der Waals surface area contributed by atoms with Gasteiger partial charge >= 0.3 is 0 Å². The first-order valence-corrected chi connectivity index (χ1v) is 5.49. The lowest BCUT2D eigenvalue weighted by Gasteiger charge is -2.15. The summed E-state index contributed by atoms with van der Waals surface area (Å²) in [6.07, 6.45) is -2.49. The van der Waals surface area contributed by atoms with Crippen LogP contribution in [0.15, 0.2) is 18.2 Å². The first-order valence-electron chi connectivity index (χ1n) is 5.49. The Kier molecular flexibility index (Phi) is 5.69. The molecule has 0 spiro atoms. The van der Waals surface area contributed by atoms with Crippen molar-refractivity contribution >= 4 is 0 Å². The summed E-state index contributed by atoms with van der Waals surface area (Å²) in [5.74, 6) is 0.893. The van der Waals surface area contributed by atoms with E-state index in [0.717, 1.165) is 5.56 Å². The van der Waals surface area contributed by atoms with Gasteiger partial charge in [0.2, 0.25) is 0 Å². The van der Waals surface area contributed by atoms with E-state index in [0.29, 0.717) is 24.7 Å². The molecule has 0 unspecified atom stereocenters. The Morgan fingerprint density at radius 3 is 2.65 bits per heavy atom. The zero-order valence-electron chi connectivity index (χ0n) is 10.0. The van der Waals surface area contributed by atoms with E-state index in [4.69, 9.17) is 9.47 Å². The molecule has 0 aliphatic heterocycles. The molecule has 1 aromatic carbocycles. The zero-order chi connectivity index (χ0) is 12.7. The van der Waals surface area contributed by atoms with Gasteiger partial charge in [0.25, 0.3) is 6.43 Å². The highest BCUT2D eigenvalue weighted by Crippen LogP contribution is 2.31. The Morgan fingerprint density at radius 2 is 2.06 bits per heavy atom. The predicted molar refractivity (Wildman–Crippen MR) is 61.9 cm³/mol. The monoisotopic (exact) mass is 245 g/mol. The second-order valence-electron chi connectivity index (χ2n) is 3.41. The molecule has 0 atom stereocenters. The fourth-order valence-corrected chi connectivity index (χ4v) is 1.47. The van der Waals surface area contributed by atoms with Gasteiger partial charge in [-0.05, 0) is 20.0 Å². The summed E-state index contributed by atoms with van der Waals surface area (Å²) < 4.78 is 34.8. The molecule has 0 saturated carbocycles. The lowest BCUT2D eigenvalue weighted by Crippen LogP contribution is -2.12. The zero-order valence-corrected chi connectivity index (χ0v) is 10.0. The van der Waals surface area contributed by atoms with Crippen molar-refractivity contribution in [1.29, 1.82) is 0 Å². The molecule has 0 bridgehead atoms. The van der Waals surface area contributed by atoms with Crippen LogP contribution in [0.25, 0.3) is 0 Å². The Balaban J connectivity index is 2.91. The van der Waals surface area contributed by atoms with Crippen LogP contribution >= 0.6 is 0 Å².